The van der Waals surface area contributed by atoms with Gasteiger partial charge in [0.1, 0.15) is 5.01 Å². The van der Waals surface area contributed by atoms with Crippen molar-refractivity contribution in [1.29, 1.82) is 0 Å². The monoisotopic (exact) mass is 330 g/mol. The lowest BCUT2D eigenvalue weighted by Gasteiger charge is -2.21. The number of carbonyl (C=O) groups is 2. The van der Waals surface area contributed by atoms with Gasteiger partial charge in [-0.05, 0) is 31.9 Å². The highest BCUT2D eigenvalue weighted by molar-refractivity contribution is 7.09. The third-order valence-electron chi connectivity index (χ3n) is 3.61. The number of nitrogens with zero attached hydrogens (tertiary/aromatic N) is 2. The average molecular weight is 330 g/mol. The van der Waals surface area contributed by atoms with E-state index >= 15 is 0 Å². The molecule has 0 N–H and O–H groups in total. The van der Waals surface area contributed by atoms with E-state index < -0.39 is 5.97 Å². The summed E-state index contributed by atoms with van der Waals surface area (Å²) in [5.41, 5.74) is 0.997. The third-order valence-corrected chi connectivity index (χ3v) is 4.44. The van der Waals surface area contributed by atoms with Crippen molar-refractivity contribution in [2.24, 2.45) is 0 Å². The van der Waals surface area contributed by atoms with Crippen LogP contribution in [-0.4, -0.2) is 34.4 Å². The van der Waals surface area contributed by atoms with Crippen molar-refractivity contribution < 1.29 is 14.3 Å². The fraction of sp³-hybridized carbons (Fsp3) is 0.353. The smallest absolute Gasteiger partial charge is 0.357 e. The standard InChI is InChI=1S/C17H18N2O3S/c1-2-22-17(21)14-11-23-15(18-14)10-19(13-8-9-13)16(20)12-6-4-3-5-7-12/h3-7,11,13H,2,8-10H2,1H3. The van der Waals surface area contributed by atoms with E-state index in [0.29, 0.717) is 24.4 Å². The lowest BCUT2D eigenvalue weighted by atomic mass is 10.2. The maximum absolute atomic E-state index is 12.7. The summed E-state index contributed by atoms with van der Waals surface area (Å²) in [7, 11) is 0. The zero-order valence-electron chi connectivity index (χ0n) is 12.9. The molecule has 1 fully saturated rings. The van der Waals surface area contributed by atoms with Gasteiger partial charge < -0.3 is 9.64 Å². The number of carbonyl (C=O) groups excluding carboxylic acids is 2. The molecule has 1 heterocycles. The topological polar surface area (TPSA) is 59.5 Å². The van der Waals surface area contributed by atoms with Gasteiger partial charge in [0.15, 0.2) is 5.69 Å². The van der Waals surface area contributed by atoms with Crippen LogP contribution in [0.15, 0.2) is 35.7 Å². The molecule has 1 saturated carbocycles. The Morgan fingerprint density at radius 3 is 2.70 bits per heavy atom. The summed E-state index contributed by atoms with van der Waals surface area (Å²) in [6.45, 7) is 2.52. The van der Waals surface area contributed by atoms with Gasteiger partial charge in [-0.1, -0.05) is 18.2 Å². The minimum atomic E-state index is -0.414. The molecule has 6 heteroatoms. The van der Waals surface area contributed by atoms with E-state index in [0.717, 1.165) is 17.8 Å². The molecule has 1 aliphatic rings. The van der Waals surface area contributed by atoms with Gasteiger partial charge in [0.05, 0.1) is 13.2 Å². The summed E-state index contributed by atoms with van der Waals surface area (Å²) in [6.07, 6.45) is 2.05. The average Bonchev–Trinajstić information content (AvgIpc) is 3.31. The number of aromatic nitrogens is 1. The van der Waals surface area contributed by atoms with Crippen molar-refractivity contribution >= 4 is 23.2 Å². The van der Waals surface area contributed by atoms with Crippen LogP contribution < -0.4 is 0 Å². The van der Waals surface area contributed by atoms with Gasteiger partial charge >= 0.3 is 5.97 Å². The number of benzene rings is 1. The predicted molar refractivity (Wildman–Crippen MR) is 87.4 cm³/mol. The van der Waals surface area contributed by atoms with Crippen LogP contribution in [0.25, 0.3) is 0 Å². The van der Waals surface area contributed by atoms with Crippen molar-refractivity contribution in [2.75, 3.05) is 6.61 Å². The third kappa shape index (κ3) is 3.76. The molecule has 5 nitrogen and oxygen atoms in total. The number of ether oxygens (including phenoxy) is 1. The van der Waals surface area contributed by atoms with Crippen molar-refractivity contribution in [3.63, 3.8) is 0 Å². The highest BCUT2D eigenvalue weighted by Crippen LogP contribution is 2.30. The molecule has 3 rings (SSSR count). The molecule has 0 radical (unpaired) electrons. The van der Waals surface area contributed by atoms with Crippen LogP contribution in [0.4, 0.5) is 0 Å². The molecule has 1 amide bonds. The van der Waals surface area contributed by atoms with E-state index in [9.17, 15) is 9.59 Å². The molecule has 0 bridgehead atoms. The normalized spacial score (nSPS) is 13.6. The Morgan fingerprint density at radius 1 is 1.30 bits per heavy atom. The molecular formula is C17H18N2O3S. The molecule has 0 spiro atoms. The molecule has 1 aromatic carbocycles. The number of hydrogen-bond acceptors (Lipinski definition) is 5. The van der Waals surface area contributed by atoms with E-state index in [2.05, 4.69) is 4.98 Å². The van der Waals surface area contributed by atoms with E-state index in [-0.39, 0.29) is 11.9 Å². The lowest BCUT2D eigenvalue weighted by Crippen LogP contribution is -2.32. The number of thiazole rings is 1. The van der Waals surface area contributed by atoms with Crippen molar-refractivity contribution in [2.45, 2.75) is 32.4 Å². The Bertz CT molecular complexity index is 695. The lowest BCUT2D eigenvalue weighted by molar-refractivity contribution is 0.0520. The summed E-state index contributed by atoms with van der Waals surface area (Å²) in [5, 5.41) is 2.44. The molecule has 2 aromatic rings. The first-order valence-electron chi connectivity index (χ1n) is 7.66. The Labute approximate surface area is 138 Å². The van der Waals surface area contributed by atoms with E-state index in [1.165, 1.54) is 11.3 Å². The Hall–Kier alpha value is -2.21. The predicted octanol–water partition coefficient (Wildman–Crippen LogP) is 3.12. The Kier molecular flexibility index (Phi) is 4.71. The maximum atomic E-state index is 12.7. The molecule has 1 aromatic heterocycles. The van der Waals surface area contributed by atoms with Gasteiger partial charge in [-0.3, -0.25) is 4.79 Å². The molecule has 0 unspecified atom stereocenters. The number of amides is 1. The summed E-state index contributed by atoms with van der Waals surface area (Å²) >= 11 is 1.38. The number of rotatable bonds is 6. The minimum Gasteiger partial charge on any atom is -0.461 e. The Morgan fingerprint density at radius 2 is 2.04 bits per heavy atom. The van der Waals surface area contributed by atoms with Crippen molar-refractivity contribution in [3.05, 3.63) is 52.0 Å². The zero-order valence-corrected chi connectivity index (χ0v) is 13.7. The van der Waals surface area contributed by atoms with Crippen LogP contribution in [0.2, 0.25) is 0 Å². The molecule has 0 atom stereocenters. The van der Waals surface area contributed by atoms with Crippen LogP contribution in [0.1, 0.15) is 45.6 Å². The molecule has 0 aliphatic heterocycles. The number of esters is 1. The van der Waals surface area contributed by atoms with Gasteiger partial charge in [-0.15, -0.1) is 11.3 Å². The van der Waals surface area contributed by atoms with Gasteiger partial charge in [0.25, 0.3) is 5.91 Å². The van der Waals surface area contributed by atoms with Crippen LogP contribution >= 0.6 is 11.3 Å². The van der Waals surface area contributed by atoms with Crippen molar-refractivity contribution in [1.82, 2.24) is 9.88 Å². The summed E-state index contributed by atoms with van der Waals surface area (Å²) in [6, 6.07) is 9.54. The fourth-order valence-corrected chi connectivity index (χ4v) is 3.09. The first-order valence-corrected chi connectivity index (χ1v) is 8.54. The maximum Gasteiger partial charge on any atom is 0.357 e. The van der Waals surface area contributed by atoms with Gasteiger partial charge in [0.2, 0.25) is 0 Å². The second-order valence-corrected chi connectivity index (χ2v) is 6.32. The zero-order chi connectivity index (χ0) is 16.2. The highest BCUT2D eigenvalue weighted by atomic mass is 32.1. The number of hydrogen-bond donors (Lipinski definition) is 0. The van der Waals surface area contributed by atoms with Crippen LogP contribution in [-0.2, 0) is 11.3 Å². The van der Waals surface area contributed by atoms with Gasteiger partial charge in [0, 0.05) is 17.0 Å². The van der Waals surface area contributed by atoms with Crippen LogP contribution in [0, 0.1) is 0 Å². The molecule has 0 saturated heterocycles. The minimum absolute atomic E-state index is 0.0148. The molecule has 23 heavy (non-hydrogen) atoms. The highest BCUT2D eigenvalue weighted by Gasteiger charge is 2.33. The van der Waals surface area contributed by atoms with E-state index in [1.54, 1.807) is 12.3 Å². The summed E-state index contributed by atoms with van der Waals surface area (Å²) < 4.78 is 4.95. The van der Waals surface area contributed by atoms with Crippen LogP contribution in [0.3, 0.4) is 0 Å². The van der Waals surface area contributed by atoms with Crippen molar-refractivity contribution in [3.8, 4) is 0 Å². The van der Waals surface area contributed by atoms with Gasteiger partial charge in [-0.25, -0.2) is 9.78 Å². The van der Waals surface area contributed by atoms with E-state index in [4.69, 9.17) is 4.74 Å². The summed E-state index contributed by atoms with van der Waals surface area (Å²) in [5.74, 6) is -0.400. The SMILES string of the molecule is CCOC(=O)c1csc(CN(C(=O)c2ccccc2)C2CC2)n1. The quantitative estimate of drug-likeness (QED) is 0.764. The fourth-order valence-electron chi connectivity index (χ4n) is 2.33. The summed E-state index contributed by atoms with van der Waals surface area (Å²) in [4.78, 5) is 30.5. The van der Waals surface area contributed by atoms with Crippen LogP contribution in [0.5, 0.6) is 0 Å². The second-order valence-electron chi connectivity index (χ2n) is 5.38. The second kappa shape index (κ2) is 6.91. The molecular weight excluding hydrogens is 312 g/mol. The Balaban J connectivity index is 1.73. The molecule has 120 valence electrons. The first-order chi connectivity index (χ1) is 11.2. The van der Waals surface area contributed by atoms with E-state index in [1.807, 2.05) is 35.2 Å². The van der Waals surface area contributed by atoms with Gasteiger partial charge in [-0.2, -0.15) is 0 Å². The largest absolute Gasteiger partial charge is 0.461 e. The first kappa shape index (κ1) is 15.7. The molecule has 1 aliphatic carbocycles.